The maximum absolute atomic E-state index is 11.7. The van der Waals surface area contributed by atoms with Gasteiger partial charge in [0.2, 0.25) is 0 Å². The van der Waals surface area contributed by atoms with Crippen molar-refractivity contribution in [1.82, 2.24) is 9.78 Å². The Bertz CT molecular complexity index is 798. The van der Waals surface area contributed by atoms with Crippen molar-refractivity contribution in [1.29, 1.82) is 0 Å². The third kappa shape index (κ3) is 5.23. The largest absolute Gasteiger partial charge is 0.465 e. The summed E-state index contributed by atoms with van der Waals surface area (Å²) in [4.78, 5) is 22.5. The molecule has 0 aliphatic rings. The highest BCUT2D eigenvalue weighted by Gasteiger charge is 2.23. The van der Waals surface area contributed by atoms with E-state index in [2.05, 4.69) is 24.7 Å². The van der Waals surface area contributed by atoms with Gasteiger partial charge in [-0.05, 0) is 28.7 Å². The molecule has 0 spiro atoms. The molecule has 0 fully saturated rings. The lowest BCUT2D eigenvalue weighted by Crippen LogP contribution is -2.22. The number of hydrogen-bond donors (Lipinski definition) is 0. The van der Waals surface area contributed by atoms with Gasteiger partial charge in [0.1, 0.15) is 5.56 Å². The highest BCUT2D eigenvalue weighted by Crippen LogP contribution is 2.29. The van der Waals surface area contributed by atoms with Crippen LogP contribution < -0.4 is 0 Å². The fourth-order valence-electron chi connectivity index (χ4n) is 2.28. The fraction of sp³-hybridized carbons (Fsp3) is 0.412. The van der Waals surface area contributed by atoms with Gasteiger partial charge >= 0.3 is 11.8 Å². The minimum Gasteiger partial charge on any atom is -0.465 e. The SMILES string of the molecule is COC(=O)c1cccc(-c2cn(COCC[Si](C)(C)C)nc2[N+](=O)[O-])c1. The molecule has 0 amide bonds. The molecule has 0 unspecified atom stereocenters. The van der Waals surface area contributed by atoms with Crippen LogP contribution in [0, 0.1) is 10.1 Å². The number of carbonyl (C=O) groups excluding carboxylic acids is 1. The summed E-state index contributed by atoms with van der Waals surface area (Å²) in [5.41, 5.74) is 1.17. The van der Waals surface area contributed by atoms with Crippen molar-refractivity contribution in [3.63, 3.8) is 0 Å². The van der Waals surface area contributed by atoms with E-state index in [0.29, 0.717) is 23.3 Å². The van der Waals surface area contributed by atoms with E-state index in [1.54, 1.807) is 30.5 Å². The van der Waals surface area contributed by atoms with Gasteiger partial charge in [-0.2, -0.15) is 4.68 Å². The van der Waals surface area contributed by atoms with Gasteiger partial charge in [-0.25, -0.2) is 4.79 Å². The summed E-state index contributed by atoms with van der Waals surface area (Å²) in [6, 6.07) is 7.47. The van der Waals surface area contributed by atoms with E-state index >= 15 is 0 Å². The first-order valence-electron chi connectivity index (χ1n) is 8.19. The maximum atomic E-state index is 11.7. The summed E-state index contributed by atoms with van der Waals surface area (Å²) < 4.78 is 11.7. The minimum absolute atomic E-state index is 0.141. The average Bonchev–Trinajstić information content (AvgIpc) is 3.02. The average molecular weight is 377 g/mol. The summed E-state index contributed by atoms with van der Waals surface area (Å²) in [6.45, 7) is 7.49. The molecule has 1 aromatic carbocycles. The van der Waals surface area contributed by atoms with Crippen molar-refractivity contribution >= 4 is 19.9 Å². The number of nitrogens with zero attached hydrogens (tertiary/aromatic N) is 3. The van der Waals surface area contributed by atoms with E-state index in [1.807, 2.05) is 0 Å². The van der Waals surface area contributed by atoms with Crippen LogP contribution in [0.25, 0.3) is 11.1 Å². The first-order chi connectivity index (χ1) is 12.2. The summed E-state index contributed by atoms with van der Waals surface area (Å²) >= 11 is 0. The Labute approximate surface area is 152 Å². The molecule has 8 nitrogen and oxygen atoms in total. The Kier molecular flexibility index (Phi) is 6.27. The molecule has 0 radical (unpaired) electrons. The van der Waals surface area contributed by atoms with Crippen molar-refractivity contribution in [3.8, 4) is 11.1 Å². The molecule has 0 saturated heterocycles. The smallest absolute Gasteiger partial charge is 0.397 e. The molecule has 9 heteroatoms. The number of aromatic nitrogens is 2. The Hall–Kier alpha value is -2.52. The molecule has 0 atom stereocenters. The lowest BCUT2D eigenvalue weighted by molar-refractivity contribution is -0.389. The summed E-state index contributed by atoms with van der Waals surface area (Å²) in [5, 5.41) is 15.4. The molecule has 0 bridgehead atoms. The molecule has 0 aliphatic heterocycles. The van der Waals surface area contributed by atoms with Gasteiger partial charge in [-0.15, -0.1) is 0 Å². The number of esters is 1. The molecular formula is C17H23N3O5Si. The van der Waals surface area contributed by atoms with Crippen molar-refractivity contribution in [2.75, 3.05) is 13.7 Å². The van der Waals surface area contributed by atoms with Crippen LogP contribution in [0.1, 0.15) is 10.4 Å². The van der Waals surface area contributed by atoms with Crippen LogP contribution >= 0.6 is 0 Å². The van der Waals surface area contributed by atoms with Crippen molar-refractivity contribution in [2.45, 2.75) is 32.4 Å². The Morgan fingerprint density at radius 3 is 2.69 bits per heavy atom. The minimum atomic E-state index is -1.20. The normalized spacial score (nSPS) is 11.4. The molecule has 0 N–H and O–H groups in total. The van der Waals surface area contributed by atoms with Gasteiger partial charge in [0, 0.05) is 14.7 Å². The van der Waals surface area contributed by atoms with E-state index < -0.39 is 19.0 Å². The lowest BCUT2D eigenvalue weighted by atomic mass is 10.1. The second-order valence-electron chi connectivity index (χ2n) is 7.08. The number of carbonyl (C=O) groups is 1. The highest BCUT2D eigenvalue weighted by atomic mass is 28.3. The van der Waals surface area contributed by atoms with Crippen LogP contribution in [0.4, 0.5) is 5.82 Å². The molecule has 0 saturated carbocycles. The van der Waals surface area contributed by atoms with Gasteiger partial charge in [0.15, 0.2) is 6.73 Å². The molecule has 1 aromatic heterocycles. The summed E-state index contributed by atoms with van der Waals surface area (Å²) in [7, 11) is 0.0859. The van der Waals surface area contributed by atoms with E-state index in [1.165, 1.54) is 11.8 Å². The second kappa shape index (κ2) is 8.24. The first kappa shape index (κ1) is 19.8. The van der Waals surface area contributed by atoms with E-state index in [4.69, 9.17) is 9.47 Å². The van der Waals surface area contributed by atoms with Crippen molar-refractivity contribution in [2.24, 2.45) is 0 Å². The van der Waals surface area contributed by atoms with Crippen LogP contribution in [-0.4, -0.2) is 42.5 Å². The van der Waals surface area contributed by atoms with Gasteiger partial charge in [-0.1, -0.05) is 31.8 Å². The molecule has 140 valence electrons. The number of rotatable bonds is 8. The standard InChI is InChI=1S/C17H23N3O5Si/c1-24-17(21)14-7-5-6-13(10-14)15-11-19(18-16(15)20(22)23)12-25-8-9-26(2,3)4/h5-7,10-11H,8-9,12H2,1-4H3. The summed E-state index contributed by atoms with van der Waals surface area (Å²) in [6.07, 6.45) is 1.56. The number of hydrogen-bond acceptors (Lipinski definition) is 6. The topological polar surface area (TPSA) is 96.5 Å². The van der Waals surface area contributed by atoms with Gasteiger partial charge in [-0.3, -0.25) is 0 Å². The molecule has 0 aliphatic carbocycles. The monoisotopic (exact) mass is 377 g/mol. The quantitative estimate of drug-likeness (QED) is 0.229. The van der Waals surface area contributed by atoms with Crippen LogP contribution in [-0.2, 0) is 16.2 Å². The third-order valence-electron chi connectivity index (χ3n) is 3.73. The number of ether oxygens (including phenoxy) is 2. The van der Waals surface area contributed by atoms with Crippen molar-refractivity contribution in [3.05, 3.63) is 46.1 Å². The van der Waals surface area contributed by atoms with Crippen LogP contribution in [0.3, 0.4) is 0 Å². The zero-order valence-corrected chi connectivity index (χ0v) is 16.4. The number of benzene rings is 1. The Morgan fingerprint density at radius 2 is 2.08 bits per heavy atom. The van der Waals surface area contributed by atoms with Gasteiger partial charge in [0.25, 0.3) is 0 Å². The maximum Gasteiger partial charge on any atom is 0.397 e. The van der Waals surface area contributed by atoms with E-state index in [-0.39, 0.29) is 12.5 Å². The Morgan fingerprint density at radius 1 is 1.35 bits per heavy atom. The number of nitro groups is 1. The molecular weight excluding hydrogens is 354 g/mol. The van der Waals surface area contributed by atoms with E-state index in [9.17, 15) is 14.9 Å². The lowest BCUT2D eigenvalue weighted by Gasteiger charge is -2.14. The number of methoxy groups -OCH3 is 1. The van der Waals surface area contributed by atoms with Crippen LogP contribution in [0.5, 0.6) is 0 Å². The fourth-order valence-corrected chi connectivity index (χ4v) is 3.04. The van der Waals surface area contributed by atoms with Crippen LogP contribution in [0.15, 0.2) is 30.5 Å². The predicted molar refractivity (Wildman–Crippen MR) is 99.8 cm³/mol. The molecule has 26 heavy (non-hydrogen) atoms. The zero-order valence-electron chi connectivity index (χ0n) is 15.4. The molecule has 2 aromatic rings. The van der Waals surface area contributed by atoms with E-state index in [0.717, 1.165) is 6.04 Å². The first-order valence-corrected chi connectivity index (χ1v) is 11.9. The molecule has 1 heterocycles. The van der Waals surface area contributed by atoms with Gasteiger partial charge in [0.05, 0.1) is 24.0 Å². The summed E-state index contributed by atoms with van der Waals surface area (Å²) in [5.74, 6) is -0.780. The second-order valence-corrected chi connectivity index (χ2v) is 12.7. The predicted octanol–water partition coefficient (Wildman–Crippen LogP) is 3.56. The van der Waals surface area contributed by atoms with Crippen LogP contribution in [0.2, 0.25) is 25.7 Å². The Balaban J connectivity index is 2.22. The zero-order chi connectivity index (χ0) is 19.3. The van der Waals surface area contributed by atoms with Gasteiger partial charge < -0.3 is 19.6 Å². The molecule has 2 rings (SSSR count). The highest BCUT2D eigenvalue weighted by molar-refractivity contribution is 6.76. The third-order valence-corrected chi connectivity index (χ3v) is 5.43. The van der Waals surface area contributed by atoms with Crippen molar-refractivity contribution < 1.29 is 19.2 Å².